The zero-order valence-corrected chi connectivity index (χ0v) is 16.8. The number of aromatic nitrogens is 2. The number of esters is 1. The van der Waals surface area contributed by atoms with E-state index in [1.807, 2.05) is 49.5 Å². The van der Waals surface area contributed by atoms with Gasteiger partial charge in [0.05, 0.1) is 9.58 Å². The molecule has 0 unspecified atom stereocenters. The molecule has 0 bridgehead atoms. The van der Waals surface area contributed by atoms with E-state index in [1.165, 1.54) is 11.3 Å². The molecule has 0 saturated carbocycles. The Morgan fingerprint density at radius 2 is 2.15 bits per heavy atom. The number of ether oxygens (including phenoxy) is 1. The molecule has 0 amide bonds. The maximum Gasteiger partial charge on any atom is 0.348 e. The van der Waals surface area contributed by atoms with E-state index in [0.717, 1.165) is 19.5 Å². The molecule has 0 atom stereocenters. The van der Waals surface area contributed by atoms with Crippen LogP contribution >= 0.6 is 34.0 Å². The first kappa shape index (κ1) is 17.2. The topological polar surface area (TPSA) is 68.5 Å². The van der Waals surface area contributed by atoms with Crippen molar-refractivity contribution in [1.82, 2.24) is 9.97 Å². The highest BCUT2D eigenvalue weighted by atomic mass is 32.1. The first-order chi connectivity index (χ1) is 12.5. The van der Waals surface area contributed by atoms with E-state index >= 15 is 0 Å². The molecule has 4 aromatic rings. The van der Waals surface area contributed by atoms with Gasteiger partial charge in [-0.3, -0.25) is 0 Å². The van der Waals surface area contributed by atoms with Crippen molar-refractivity contribution in [1.29, 1.82) is 0 Å². The molecule has 26 heavy (non-hydrogen) atoms. The van der Waals surface area contributed by atoms with E-state index in [2.05, 4.69) is 9.97 Å². The van der Waals surface area contributed by atoms with Gasteiger partial charge in [-0.2, -0.15) is 0 Å². The second-order valence-corrected chi connectivity index (χ2v) is 8.73. The SMILES string of the molecule is Cc1oc(-c2cccs2)nc1COC(=O)c1cc2sc(N(C)C)nc2s1. The van der Waals surface area contributed by atoms with E-state index < -0.39 is 0 Å². The third-order valence-corrected chi connectivity index (χ3v) is 6.79. The minimum Gasteiger partial charge on any atom is -0.455 e. The quantitative estimate of drug-likeness (QED) is 0.444. The van der Waals surface area contributed by atoms with Gasteiger partial charge in [-0.15, -0.1) is 22.7 Å². The Morgan fingerprint density at radius 3 is 2.85 bits per heavy atom. The van der Waals surface area contributed by atoms with Crippen LogP contribution in [-0.2, 0) is 11.3 Å². The lowest BCUT2D eigenvalue weighted by molar-refractivity contribution is 0.0473. The maximum absolute atomic E-state index is 12.3. The summed E-state index contributed by atoms with van der Waals surface area (Å²) in [4.78, 5) is 25.6. The lowest BCUT2D eigenvalue weighted by Crippen LogP contribution is -2.07. The molecule has 0 fully saturated rings. The van der Waals surface area contributed by atoms with E-state index in [0.29, 0.717) is 22.2 Å². The van der Waals surface area contributed by atoms with Crippen molar-refractivity contribution < 1.29 is 13.9 Å². The number of thiophene rings is 2. The van der Waals surface area contributed by atoms with Gasteiger partial charge in [0.1, 0.15) is 27.8 Å². The fraction of sp³-hybridized carbons (Fsp3) is 0.235. The molecule has 0 N–H and O–H groups in total. The van der Waals surface area contributed by atoms with Gasteiger partial charge in [-0.25, -0.2) is 14.8 Å². The van der Waals surface area contributed by atoms with Crippen molar-refractivity contribution in [2.24, 2.45) is 0 Å². The van der Waals surface area contributed by atoms with E-state index in [4.69, 9.17) is 9.15 Å². The Balaban J connectivity index is 1.46. The minimum atomic E-state index is -0.369. The van der Waals surface area contributed by atoms with Gasteiger partial charge in [-0.05, 0) is 24.4 Å². The zero-order chi connectivity index (χ0) is 18.3. The van der Waals surface area contributed by atoms with Crippen LogP contribution in [0.3, 0.4) is 0 Å². The molecule has 0 saturated heterocycles. The number of oxazole rings is 1. The number of carbonyl (C=O) groups is 1. The number of carbonyl (C=O) groups excluding carboxylic acids is 1. The summed E-state index contributed by atoms with van der Waals surface area (Å²) >= 11 is 4.45. The monoisotopic (exact) mass is 405 g/mol. The second-order valence-electron chi connectivity index (χ2n) is 5.75. The highest BCUT2D eigenvalue weighted by Gasteiger charge is 2.18. The molecule has 4 rings (SSSR count). The van der Waals surface area contributed by atoms with Crippen molar-refractivity contribution >= 4 is 54.6 Å². The van der Waals surface area contributed by atoms with E-state index in [1.54, 1.807) is 22.7 Å². The summed E-state index contributed by atoms with van der Waals surface area (Å²) in [7, 11) is 3.89. The average molecular weight is 406 g/mol. The summed E-state index contributed by atoms with van der Waals surface area (Å²) in [6.45, 7) is 1.91. The van der Waals surface area contributed by atoms with Crippen LogP contribution in [0.5, 0.6) is 0 Å². The molecular weight excluding hydrogens is 390 g/mol. The predicted octanol–water partition coefficient (Wildman–Crippen LogP) is 4.81. The number of thiazole rings is 1. The highest BCUT2D eigenvalue weighted by molar-refractivity contribution is 7.29. The third-order valence-electron chi connectivity index (χ3n) is 3.63. The molecule has 0 aromatic carbocycles. The Hall–Kier alpha value is -2.23. The number of aryl methyl sites for hydroxylation is 1. The molecule has 0 spiro atoms. The fourth-order valence-corrected chi connectivity index (χ4v) is 4.96. The standard InChI is InChI=1S/C17H15N3O3S3/c1-9-10(18-14(23-9)11-5-4-6-24-11)8-22-16(21)13-7-12-15(25-13)19-17(26-12)20(2)3/h4-7H,8H2,1-3H3. The first-order valence-corrected chi connectivity index (χ1v) is 10.3. The Morgan fingerprint density at radius 1 is 1.31 bits per heavy atom. The Kier molecular flexibility index (Phi) is 4.51. The number of fused-ring (bicyclic) bond motifs is 1. The Bertz CT molecular complexity index is 1030. The van der Waals surface area contributed by atoms with Crippen molar-refractivity contribution in [3.8, 4) is 10.8 Å². The van der Waals surface area contributed by atoms with Gasteiger partial charge in [0.25, 0.3) is 0 Å². The van der Waals surface area contributed by atoms with E-state index in [9.17, 15) is 4.79 Å². The molecule has 0 radical (unpaired) electrons. The number of hydrogen-bond donors (Lipinski definition) is 0. The predicted molar refractivity (Wildman–Crippen MR) is 105 cm³/mol. The largest absolute Gasteiger partial charge is 0.455 e. The summed E-state index contributed by atoms with van der Waals surface area (Å²) in [6, 6.07) is 5.72. The normalized spacial score (nSPS) is 11.2. The van der Waals surface area contributed by atoms with Crippen molar-refractivity contribution in [3.63, 3.8) is 0 Å². The summed E-state index contributed by atoms with van der Waals surface area (Å²) in [5, 5.41) is 2.89. The summed E-state index contributed by atoms with van der Waals surface area (Å²) < 4.78 is 12.1. The first-order valence-electron chi connectivity index (χ1n) is 7.76. The number of rotatable bonds is 5. The molecule has 6 nitrogen and oxygen atoms in total. The number of anilines is 1. The molecular formula is C17H15N3O3S3. The fourth-order valence-electron chi connectivity index (χ4n) is 2.29. The summed E-state index contributed by atoms with van der Waals surface area (Å²) in [5.74, 6) is 0.845. The highest BCUT2D eigenvalue weighted by Crippen LogP contribution is 2.34. The minimum absolute atomic E-state index is 0.0848. The van der Waals surface area contributed by atoms with Gasteiger partial charge in [0, 0.05) is 14.1 Å². The number of nitrogens with zero attached hydrogens (tertiary/aromatic N) is 3. The Labute approximate surface area is 161 Å². The van der Waals surface area contributed by atoms with Crippen LogP contribution in [0.15, 0.2) is 28.0 Å². The van der Waals surface area contributed by atoms with Gasteiger partial charge in [-0.1, -0.05) is 17.4 Å². The molecule has 0 aliphatic rings. The number of hydrogen-bond acceptors (Lipinski definition) is 9. The van der Waals surface area contributed by atoms with E-state index in [-0.39, 0.29) is 12.6 Å². The molecule has 4 heterocycles. The van der Waals surface area contributed by atoms with Gasteiger partial charge >= 0.3 is 5.97 Å². The van der Waals surface area contributed by atoms with Crippen LogP contribution in [-0.4, -0.2) is 30.0 Å². The smallest absolute Gasteiger partial charge is 0.348 e. The van der Waals surface area contributed by atoms with Crippen LogP contribution in [0.1, 0.15) is 21.1 Å². The molecule has 0 aliphatic heterocycles. The van der Waals surface area contributed by atoms with Crippen molar-refractivity contribution in [2.45, 2.75) is 13.5 Å². The lowest BCUT2D eigenvalue weighted by Gasteiger charge is -2.05. The summed E-state index contributed by atoms with van der Waals surface area (Å²) in [6.07, 6.45) is 0. The maximum atomic E-state index is 12.3. The van der Waals surface area contributed by atoms with Crippen LogP contribution in [0, 0.1) is 6.92 Å². The second kappa shape index (κ2) is 6.82. The van der Waals surface area contributed by atoms with Gasteiger partial charge in [0.15, 0.2) is 5.13 Å². The average Bonchev–Trinajstić information content (AvgIpc) is 3.35. The lowest BCUT2D eigenvalue weighted by atomic mass is 10.4. The zero-order valence-electron chi connectivity index (χ0n) is 14.3. The summed E-state index contributed by atoms with van der Waals surface area (Å²) in [5.41, 5.74) is 0.633. The molecule has 0 aliphatic carbocycles. The van der Waals surface area contributed by atoms with Crippen LogP contribution in [0.2, 0.25) is 0 Å². The molecule has 134 valence electrons. The molecule has 4 aromatic heterocycles. The van der Waals surface area contributed by atoms with Crippen molar-refractivity contribution in [3.05, 3.63) is 39.9 Å². The van der Waals surface area contributed by atoms with Crippen LogP contribution < -0.4 is 4.90 Å². The third kappa shape index (κ3) is 3.25. The van der Waals surface area contributed by atoms with Crippen LogP contribution in [0.25, 0.3) is 20.3 Å². The van der Waals surface area contributed by atoms with Crippen molar-refractivity contribution in [2.75, 3.05) is 19.0 Å². The van der Waals surface area contributed by atoms with Gasteiger partial charge < -0.3 is 14.1 Å². The molecule has 9 heteroatoms. The van der Waals surface area contributed by atoms with Gasteiger partial charge in [0.2, 0.25) is 5.89 Å². The van der Waals surface area contributed by atoms with Crippen LogP contribution in [0.4, 0.5) is 5.13 Å².